The van der Waals surface area contributed by atoms with Crippen LogP contribution < -0.4 is 0 Å². The number of aliphatic hydroxyl groups is 2. The Morgan fingerprint density at radius 3 is 2.75 bits per heavy atom. The van der Waals surface area contributed by atoms with E-state index in [1.54, 1.807) is 11.6 Å². The lowest BCUT2D eigenvalue weighted by atomic mass is 9.62. The minimum Gasteiger partial charge on any atom is -0.393 e. The van der Waals surface area contributed by atoms with E-state index in [-0.39, 0.29) is 10.8 Å². The maximum atomic E-state index is 10.2. The van der Waals surface area contributed by atoms with E-state index in [9.17, 15) is 10.2 Å². The van der Waals surface area contributed by atoms with Crippen LogP contribution in [0.15, 0.2) is 77.1 Å². The van der Waals surface area contributed by atoms with Gasteiger partial charge in [0.05, 0.1) is 17.9 Å². The summed E-state index contributed by atoms with van der Waals surface area (Å²) in [6, 6.07) is 0. The largest absolute Gasteiger partial charge is 0.393 e. The van der Waals surface area contributed by atoms with Crippen LogP contribution in [0.5, 0.6) is 0 Å². The van der Waals surface area contributed by atoms with Crippen LogP contribution in [0.2, 0.25) is 0 Å². The highest BCUT2D eigenvalue weighted by atomic mass is 16.6. The predicted molar refractivity (Wildman–Crippen MR) is 151 cm³/mol. The molecule has 2 N–H and O–H groups in total. The molecule has 3 aliphatic rings. The molecule has 0 heterocycles. The summed E-state index contributed by atoms with van der Waals surface area (Å²) in [5, 5.41) is 24.6. The Morgan fingerprint density at radius 2 is 2.06 bits per heavy atom. The molecule has 0 radical (unpaired) electrons. The summed E-state index contributed by atoms with van der Waals surface area (Å²) in [6.07, 6.45) is 18.4. The van der Waals surface area contributed by atoms with Gasteiger partial charge in [-0.25, -0.2) is 0 Å². The summed E-state index contributed by atoms with van der Waals surface area (Å²) >= 11 is 0. The molecule has 0 saturated heterocycles. The molecule has 0 bridgehead atoms. The highest BCUT2D eigenvalue weighted by Crippen LogP contribution is 2.57. The van der Waals surface area contributed by atoms with Gasteiger partial charge < -0.3 is 15.1 Å². The Kier molecular flexibility index (Phi) is 9.40. The number of oxime groups is 1. The summed E-state index contributed by atoms with van der Waals surface area (Å²) in [4.78, 5) is 5.38. The van der Waals surface area contributed by atoms with Crippen molar-refractivity contribution in [3.8, 4) is 0 Å². The molecule has 2 fully saturated rings. The van der Waals surface area contributed by atoms with E-state index in [1.807, 2.05) is 0 Å². The van der Waals surface area contributed by atoms with E-state index >= 15 is 0 Å². The highest BCUT2D eigenvalue weighted by Gasteiger charge is 2.45. The van der Waals surface area contributed by atoms with Crippen molar-refractivity contribution >= 4 is 5.71 Å². The molecule has 5 atom stereocenters. The second-order valence-electron chi connectivity index (χ2n) is 12.1. The third-order valence-electron chi connectivity index (χ3n) is 8.30. The maximum absolute atomic E-state index is 10.2. The second-order valence-corrected chi connectivity index (χ2v) is 12.1. The molecule has 4 nitrogen and oxygen atoms in total. The van der Waals surface area contributed by atoms with Crippen molar-refractivity contribution in [1.82, 2.24) is 0 Å². The van der Waals surface area contributed by atoms with Crippen LogP contribution in [-0.2, 0) is 4.84 Å². The molecule has 3 rings (SSSR count). The molecular formula is C32H47NO3. The molecule has 0 aromatic carbocycles. The van der Waals surface area contributed by atoms with Crippen molar-refractivity contribution in [2.75, 3.05) is 6.61 Å². The normalized spacial score (nSPS) is 32.6. The smallest absolute Gasteiger partial charge is 0.135 e. The molecule has 0 amide bonds. The minimum absolute atomic E-state index is 0.0854. The summed E-state index contributed by atoms with van der Waals surface area (Å²) in [5.41, 5.74) is 5.87. The average molecular weight is 494 g/mol. The van der Waals surface area contributed by atoms with Gasteiger partial charge in [0, 0.05) is 11.8 Å². The lowest BCUT2D eigenvalue weighted by molar-refractivity contribution is 0.0862. The van der Waals surface area contributed by atoms with Crippen molar-refractivity contribution in [1.29, 1.82) is 0 Å². The quantitative estimate of drug-likeness (QED) is 0.162. The number of rotatable bonds is 8. The molecule has 0 spiro atoms. The van der Waals surface area contributed by atoms with E-state index in [1.165, 1.54) is 18.4 Å². The van der Waals surface area contributed by atoms with Gasteiger partial charge in [-0.1, -0.05) is 94.5 Å². The molecule has 0 aromatic heterocycles. The van der Waals surface area contributed by atoms with E-state index in [0.29, 0.717) is 31.3 Å². The van der Waals surface area contributed by atoms with Gasteiger partial charge in [-0.05, 0) is 73.0 Å². The van der Waals surface area contributed by atoms with Gasteiger partial charge in [-0.15, -0.1) is 0 Å². The standard InChI is InChI=1S/C32H47NO3/c1-8-19-36-33-30(31(4,5)6)13-9-11-22(2)27-16-17-28-24(12-10-18-32(27,28)7)14-15-25-20-26(34)21-29(35)23(25)3/h8-9,13-16,22,26,28-29,34-35H,1,3,10-12,17-21H2,2,4-7H3/b13-9+,24-14+,25-15-,33-30?/t22-,26+,28-,29-,32+/m0/s1. The molecule has 3 aliphatic carbocycles. The molecular weight excluding hydrogens is 446 g/mol. The van der Waals surface area contributed by atoms with Crippen LogP contribution in [0.1, 0.15) is 79.6 Å². The third-order valence-corrected chi connectivity index (χ3v) is 8.30. The molecule has 2 saturated carbocycles. The topological polar surface area (TPSA) is 62.0 Å². The first-order valence-electron chi connectivity index (χ1n) is 13.6. The predicted octanol–water partition coefficient (Wildman–Crippen LogP) is 7.23. The van der Waals surface area contributed by atoms with Crippen molar-refractivity contribution in [2.45, 2.75) is 91.8 Å². The Bertz CT molecular complexity index is 974. The zero-order chi connectivity index (χ0) is 26.5. The molecule has 36 heavy (non-hydrogen) atoms. The fourth-order valence-electron chi connectivity index (χ4n) is 6.17. The maximum Gasteiger partial charge on any atom is 0.135 e. The zero-order valence-electron chi connectivity index (χ0n) is 23.1. The first-order valence-corrected chi connectivity index (χ1v) is 13.6. The van der Waals surface area contributed by atoms with Gasteiger partial charge in [-0.2, -0.15) is 0 Å². The van der Waals surface area contributed by atoms with Gasteiger partial charge in [0.2, 0.25) is 0 Å². The Morgan fingerprint density at radius 1 is 1.31 bits per heavy atom. The fraction of sp³-hybridized carbons (Fsp3) is 0.594. The van der Waals surface area contributed by atoms with Crippen LogP contribution in [0, 0.1) is 22.7 Å². The van der Waals surface area contributed by atoms with Gasteiger partial charge in [0.25, 0.3) is 0 Å². The van der Waals surface area contributed by atoms with E-state index in [0.717, 1.165) is 36.1 Å². The van der Waals surface area contributed by atoms with E-state index in [4.69, 9.17) is 4.84 Å². The fourth-order valence-corrected chi connectivity index (χ4v) is 6.17. The first kappa shape index (κ1) is 28.4. The van der Waals surface area contributed by atoms with Gasteiger partial charge in [0.15, 0.2) is 0 Å². The van der Waals surface area contributed by atoms with Gasteiger partial charge >= 0.3 is 0 Å². The van der Waals surface area contributed by atoms with Gasteiger partial charge in [-0.3, -0.25) is 0 Å². The number of fused-ring (bicyclic) bond motifs is 1. The molecule has 198 valence electrons. The van der Waals surface area contributed by atoms with Crippen molar-refractivity contribution in [3.63, 3.8) is 0 Å². The van der Waals surface area contributed by atoms with Crippen molar-refractivity contribution < 1.29 is 15.1 Å². The summed E-state index contributed by atoms with van der Waals surface area (Å²) in [7, 11) is 0. The molecule has 0 aliphatic heterocycles. The van der Waals surface area contributed by atoms with E-state index in [2.05, 4.69) is 83.3 Å². The summed E-state index contributed by atoms with van der Waals surface area (Å²) < 4.78 is 0. The Balaban J connectivity index is 1.71. The lowest BCUT2D eigenvalue weighted by Crippen LogP contribution is -2.32. The minimum atomic E-state index is -0.638. The molecule has 4 heteroatoms. The highest BCUT2D eigenvalue weighted by molar-refractivity contribution is 5.98. The number of allylic oxidation sites excluding steroid dienone is 7. The number of nitrogens with zero attached hydrogens (tertiary/aromatic N) is 1. The Hall–Kier alpha value is -2.17. The van der Waals surface area contributed by atoms with Gasteiger partial charge in [0.1, 0.15) is 6.61 Å². The van der Waals surface area contributed by atoms with Crippen LogP contribution in [-0.4, -0.2) is 34.7 Å². The second kappa shape index (κ2) is 11.9. The summed E-state index contributed by atoms with van der Waals surface area (Å²) in [6.45, 7) is 19.4. The molecule has 0 unspecified atom stereocenters. The number of aliphatic hydroxyl groups excluding tert-OH is 2. The van der Waals surface area contributed by atoms with Crippen LogP contribution >= 0.6 is 0 Å². The Labute approximate surface area is 218 Å². The van der Waals surface area contributed by atoms with Crippen molar-refractivity contribution in [2.24, 2.45) is 27.8 Å². The van der Waals surface area contributed by atoms with Crippen LogP contribution in [0.25, 0.3) is 0 Å². The number of hydrogen-bond acceptors (Lipinski definition) is 4. The van der Waals surface area contributed by atoms with E-state index < -0.39 is 12.2 Å². The summed E-state index contributed by atoms with van der Waals surface area (Å²) in [5.74, 6) is 0.989. The third kappa shape index (κ3) is 6.58. The van der Waals surface area contributed by atoms with Crippen molar-refractivity contribution in [3.05, 3.63) is 71.9 Å². The number of hydrogen-bond donors (Lipinski definition) is 2. The average Bonchev–Trinajstić information content (AvgIpc) is 3.16. The van der Waals surface area contributed by atoms with Crippen LogP contribution in [0.4, 0.5) is 0 Å². The monoisotopic (exact) mass is 493 g/mol. The lowest BCUT2D eigenvalue weighted by Gasteiger charge is -2.42. The molecule has 0 aromatic rings. The first-order chi connectivity index (χ1) is 17.0. The zero-order valence-corrected chi connectivity index (χ0v) is 23.1. The SMILES string of the molecule is C=CCON=C(/C=C/C[C@H](C)C1=CC[C@H]2/C(=C/C=C3/C[C@@H](O)C[C@H](O)C3=C)CCC[C@]12C)C(C)(C)C. The van der Waals surface area contributed by atoms with Crippen LogP contribution in [0.3, 0.4) is 0 Å².